The molecule has 1 aromatic heterocycles. The first-order valence-electron chi connectivity index (χ1n) is 11.0. The number of fused-ring (bicyclic) bond motifs is 2. The number of nitrogens with one attached hydrogen (secondary N) is 1. The summed E-state index contributed by atoms with van der Waals surface area (Å²) in [6, 6.07) is 12.3. The molecule has 6 nitrogen and oxygen atoms in total. The number of benzene rings is 1. The third kappa shape index (κ3) is 4.39. The van der Waals surface area contributed by atoms with Gasteiger partial charge in [-0.15, -0.1) is 0 Å². The Kier molecular flexibility index (Phi) is 6.45. The average molecular weight is 416 g/mol. The minimum Gasteiger partial charge on any atom is -0.353 e. The number of nitrogens with zero attached hydrogens (tertiary/aromatic N) is 3. The van der Waals surface area contributed by atoms with Crippen molar-refractivity contribution in [2.24, 2.45) is 5.73 Å². The fraction of sp³-hybridized carbons (Fsp3) is 0.400. The van der Waals surface area contributed by atoms with Crippen LogP contribution in [0.15, 0.2) is 42.1 Å². The molecule has 6 heteroatoms. The number of carbonyl (C=O) groups is 1. The molecule has 31 heavy (non-hydrogen) atoms. The van der Waals surface area contributed by atoms with Gasteiger partial charge in [0.1, 0.15) is 0 Å². The van der Waals surface area contributed by atoms with Gasteiger partial charge in [-0.3, -0.25) is 14.7 Å². The molecule has 1 saturated heterocycles. The average Bonchev–Trinajstić information content (AvgIpc) is 2.98. The summed E-state index contributed by atoms with van der Waals surface area (Å²) in [5, 5.41) is 12.3. The lowest BCUT2D eigenvalue weighted by Crippen LogP contribution is -2.48. The number of piperidine rings is 1. The predicted molar refractivity (Wildman–Crippen MR) is 121 cm³/mol. The molecule has 1 aliphatic heterocycles. The van der Waals surface area contributed by atoms with Gasteiger partial charge >= 0.3 is 0 Å². The van der Waals surface area contributed by atoms with E-state index in [2.05, 4.69) is 28.4 Å². The van der Waals surface area contributed by atoms with Crippen LogP contribution in [-0.4, -0.2) is 48.0 Å². The van der Waals surface area contributed by atoms with Crippen molar-refractivity contribution < 1.29 is 4.79 Å². The van der Waals surface area contributed by atoms with E-state index < -0.39 is 0 Å². The van der Waals surface area contributed by atoms with Crippen LogP contribution in [0.5, 0.6) is 0 Å². The monoisotopic (exact) mass is 415 g/mol. The molecule has 4 rings (SSSR count). The van der Waals surface area contributed by atoms with Crippen LogP contribution in [0.2, 0.25) is 0 Å². The fourth-order valence-electron chi connectivity index (χ4n) is 4.67. The second kappa shape index (κ2) is 9.42. The van der Waals surface area contributed by atoms with E-state index in [1.807, 2.05) is 31.3 Å². The van der Waals surface area contributed by atoms with Crippen molar-refractivity contribution in [2.75, 3.05) is 26.2 Å². The van der Waals surface area contributed by atoms with E-state index in [1.165, 1.54) is 27.8 Å². The first-order chi connectivity index (χ1) is 15.1. The Hall–Kier alpha value is -3.01. The normalized spacial score (nSPS) is 17.2. The topological polar surface area (TPSA) is 95.0 Å². The number of hydrogen-bond acceptors (Lipinski definition) is 5. The van der Waals surface area contributed by atoms with Crippen LogP contribution in [-0.2, 0) is 17.6 Å². The van der Waals surface area contributed by atoms with Gasteiger partial charge in [0.2, 0.25) is 5.91 Å². The number of aromatic nitrogens is 1. The Balaban J connectivity index is 1.66. The van der Waals surface area contributed by atoms with Crippen LogP contribution in [0.4, 0.5) is 0 Å². The van der Waals surface area contributed by atoms with Gasteiger partial charge < -0.3 is 11.1 Å². The Labute approximate surface area is 183 Å². The third-order valence-corrected chi connectivity index (χ3v) is 6.42. The van der Waals surface area contributed by atoms with Crippen LogP contribution in [0, 0.1) is 11.3 Å². The summed E-state index contributed by atoms with van der Waals surface area (Å²) in [6.45, 7) is 4.60. The summed E-state index contributed by atoms with van der Waals surface area (Å²) in [6.07, 6.45) is 5.50. The van der Waals surface area contributed by atoms with Crippen molar-refractivity contribution in [3.63, 3.8) is 0 Å². The molecule has 0 spiro atoms. The third-order valence-electron chi connectivity index (χ3n) is 6.42. The maximum absolute atomic E-state index is 12.4. The molecule has 1 amide bonds. The van der Waals surface area contributed by atoms with E-state index >= 15 is 0 Å². The van der Waals surface area contributed by atoms with E-state index in [4.69, 9.17) is 10.7 Å². The van der Waals surface area contributed by atoms with Gasteiger partial charge in [0.15, 0.2) is 0 Å². The molecule has 1 atom stereocenters. The fourth-order valence-corrected chi connectivity index (χ4v) is 4.67. The first-order valence-corrected chi connectivity index (χ1v) is 11.0. The first kappa shape index (κ1) is 21.2. The van der Waals surface area contributed by atoms with Gasteiger partial charge in [-0.2, -0.15) is 5.26 Å². The summed E-state index contributed by atoms with van der Waals surface area (Å²) in [5.74, 6) is 0.0393. The lowest BCUT2D eigenvalue weighted by atomic mass is 9.88. The van der Waals surface area contributed by atoms with E-state index in [-0.39, 0.29) is 11.9 Å². The Bertz CT molecular complexity index is 1040. The number of amides is 1. The minimum absolute atomic E-state index is 0.0393. The molecule has 2 aromatic rings. The van der Waals surface area contributed by atoms with Crippen LogP contribution in [0.25, 0.3) is 5.57 Å². The van der Waals surface area contributed by atoms with Gasteiger partial charge in [-0.1, -0.05) is 17.7 Å². The molecule has 1 aliphatic carbocycles. The van der Waals surface area contributed by atoms with Gasteiger partial charge in [-0.25, -0.2) is 0 Å². The second-order valence-corrected chi connectivity index (χ2v) is 8.27. The Morgan fingerprint density at radius 3 is 2.74 bits per heavy atom. The van der Waals surface area contributed by atoms with Crippen LogP contribution in [0.3, 0.4) is 0 Å². The molecule has 2 aliphatic rings. The maximum Gasteiger partial charge on any atom is 0.237 e. The summed E-state index contributed by atoms with van der Waals surface area (Å²) >= 11 is 0. The number of likely N-dealkylation sites (tertiary alicyclic amines) is 1. The van der Waals surface area contributed by atoms with E-state index in [0.717, 1.165) is 44.5 Å². The van der Waals surface area contributed by atoms with Crippen molar-refractivity contribution in [1.29, 1.82) is 5.26 Å². The summed E-state index contributed by atoms with van der Waals surface area (Å²) in [4.78, 5) is 19.4. The molecule has 0 saturated carbocycles. The van der Waals surface area contributed by atoms with Crippen molar-refractivity contribution >= 4 is 11.5 Å². The van der Waals surface area contributed by atoms with E-state index in [1.54, 1.807) is 0 Å². The number of carbonyl (C=O) groups excluding carboxylic acids is 1. The van der Waals surface area contributed by atoms with Crippen LogP contribution in [0.1, 0.15) is 47.7 Å². The quantitative estimate of drug-likeness (QED) is 0.800. The summed E-state index contributed by atoms with van der Waals surface area (Å²) in [7, 11) is 0. The van der Waals surface area contributed by atoms with Gasteiger partial charge in [-0.05, 0) is 67.5 Å². The van der Waals surface area contributed by atoms with Crippen LogP contribution < -0.4 is 11.1 Å². The van der Waals surface area contributed by atoms with Gasteiger partial charge in [0.05, 0.1) is 23.4 Å². The SMILES string of the molecule is CC(C(=O)NCCN)N1CCC(=C2c3ccc(C#N)cc3CCc3cccnc32)CC1. The van der Waals surface area contributed by atoms with Crippen molar-refractivity contribution in [3.8, 4) is 6.07 Å². The zero-order valence-corrected chi connectivity index (χ0v) is 18.0. The zero-order chi connectivity index (χ0) is 21.8. The zero-order valence-electron chi connectivity index (χ0n) is 18.0. The predicted octanol–water partition coefficient (Wildman–Crippen LogP) is 2.41. The number of rotatable bonds is 4. The summed E-state index contributed by atoms with van der Waals surface area (Å²) in [5.41, 5.74) is 13.6. The van der Waals surface area contributed by atoms with Gasteiger partial charge in [0.25, 0.3) is 0 Å². The number of nitrogens with two attached hydrogens (primary N) is 1. The molecule has 0 bridgehead atoms. The molecule has 2 heterocycles. The highest BCUT2D eigenvalue weighted by atomic mass is 16.2. The number of hydrogen-bond donors (Lipinski definition) is 2. The highest BCUT2D eigenvalue weighted by Crippen LogP contribution is 2.38. The van der Waals surface area contributed by atoms with Crippen molar-refractivity contribution in [3.05, 3.63) is 70.0 Å². The van der Waals surface area contributed by atoms with Crippen molar-refractivity contribution in [1.82, 2.24) is 15.2 Å². The molecule has 1 aromatic carbocycles. The molecule has 160 valence electrons. The highest BCUT2D eigenvalue weighted by molar-refractivity contribution is 5.85. The minimum atomic E-state index is -0.164. The van der Waals surface area contributed by atoms with Crippen molar-refractivity contribution in [2.45, 2.75) is 38.6 Å². The van der Waals surface area contributed by atoms with Gasteiger partial charge in [0, 0.05) is 37.9 Å². The molecule has 1 fully saturated rings. The summed E-state index contributed by atoms with van der Waals surface area (Å²) < 4.78 is 0. The molecule has 0 radical (unpaired) electrons. The smallest absolute Gasteiger partial charge is 0.237 e. The Morgan fingerprint density at radius 2 is 2.00 bits per heavy atom. The molecule has 1 unspecified atom stereocenters. The number of pyridine rings is 1. The largest absolute Gasteiger partial charge is 0.353 e. The molecular formula is C25H29N5O. The Morgan fingerprint density at radius 1 is 1.23 bits per heavy atom. The number of nitriles is 1. The highest BCUT2D eigenvalue weighted by Gasteiger charge is 2.28. The lowest BCUT2D eigenvalue weighted by molar-refractivity contribution is -0.126. The molecular weight excluding hydrogens is 386 g/mol. The maximum atomic E-state index is 12.4. The molecule has 3 N–H and O–H groups in total. The lowest BCUT2D eigenvalue weighted by Gasteiger charge is -2.34. The van der Waals surface area contributed by atoms with E-state index in [0.29, 0.717) is 18.7 Å². The second-order valence-electron chi connectivity index (χ2n) is 8.27. The van der Waals surface area contributed by atoms with Crippen LogP contribution >= 0.6 is 0 Å². The van der Waals surface area contributed by atoms with E-state index in [9.17, 15) is 10.1 Å². The number of aryl methyl sites for hydroxylation is 2. The standard InChI is InChI=1S/C25H29N5O/c1-17(25(31)29-12-10-26)30-13-8-19(9-14-30)23-22-7-4-18(16-27)15-21(22)6-5-20-3-2-11-28-24(20)23/h2-4,7,11,15,17H,5-6,8-10,12-14,26H2,1H3,(H,29,31).